The summed E-state index contributed by atoms with van der Waals surface area (Å²) in [6.07, 6.45) is 2.44. The van der Waals surface area contributed by atoms with E-state index in [1.165, 1.54) is 0 Å². The Kier molecular flexibility index (Phi) is 5.96. The van der Waals surface area contributed by atoms with Crippen molar-refractivity contribution in [3.05, 3.63) is 46.8 Å². The van der Waals surface area contributed by atoms with E-state index >= 15 is 0 Å². The molecule has 0 amide bonds. The Bertz CT molecular complexity index is 809. The van der Waals surface area contributed by atoms with E-state index in [1.807, 2.05) is 36.1 Å². The summed E-state index contributed by atoms with van der Waals surface area (Å²) in [5.41, 5.74) is 3.76. The Morgan fingerprint density at radius 1 is 1.15 bits per heavy atom. The lowest BCUT2D eigenvalue weighted by Crippen LogP contribution is -2.33. The molecule has 1 aromatic rings. The predicted octanol–water partition coefficient (Wildman–Crippen LogP) is 3.38. The number of methoxy groups -OCH3 is 2. The van der Waals surface area contributed by atoms with Crippen molar-refractivity contribution >= 4 is 17.4 Å². The Labute approximate surface area is 159 Å². The third-order valence-corrected chi connectivity index (χ3v) is 4.99. The minimum Gasteiger partial charge on any atom is -0.495 e. The van der Waals surface area contributed by atoms with Crippen LogP contribution in [0.15, 0.2) is 46.8 Å². The van der Waals surface area contributed by atoms with Gasteiger partial charge in [0, 0.05) is 36.9 Å². The number of hydrogen-bond donors (Lipinski definition) is 0. The first kappa shape index (κ1) is 19.2. The van der Waals surface area contributed by atoms with Gasteiger partial charge >= 0.3 is 5.97 Å². The Hall–Kier alpha value is -2.60. The van der Waals surface area contributed by atoms with Gasteiger partial charge in [-0.2, -0.15) is 0 Å². The Morgan fingerprint density at radius 3 is 2.67 bits per heavy atom. The van der Waals surface area contributed by atoms with E-state index in [2.05, 4.69) is 0 Å². The van der Waals surface area contributed by atoms with Gasteiger partial charge in [-0.15, -0.1) is 0 Å². The van der Waals surface area contributed by atoms with Gasteiger partial charge in [-0.1, -0.05) is 12.1 Å². The summed E-state index contributed by atoms with van der Waals surface area (Å²) in [7, 11) is 3.17. The molecule has 6 heteroatoms. The summed E-state index contributed by atoms with van der Waals surface area (Å²) in [5.74, 6) is 0.385. The zero-order chi connectivity index (χ0) is 19.4. The molecule has 0 aromatic heterocycles. The molecule has 0 bridgehead atoms. The van der Waals surface area contributed by atoms with E-state index < -0.39 is 5.97 Å². The number of nitrogens with zero attached hydrogens (tertiary/aromatic N) is 1. The van der Waals surface area contributed by atoms with Gasteiger partial charge in [0.15, 0.2) is 5.78 Å². The molecule has 3 rings (SSSR count). The van der Waals surface area contributed by atoms with E-state index in [9.17, 15) is 9.59 Å². The number of ether oxygens (including phenoxy) is 3. The number of esters is 1. The van der Waals surface area contributed by atoms with Crippen LogP contribution in [0.25, 0.3) is 0 Å². The second-order valence-electron chi connectivity index (χ2n) is 6.58. The van der Waals surface area contributed by atoms with Crippen molar-refractivity contribution in [3.63, 3.8) is 0 Å². The summed E-state index contributed by atoms with van der Waals surface area (Å²) in [4.78, 5) is 27.2. The first-order chi connectivity index (χ1) is 13.1. The third kappa shape index (κ3) is 3.76. The van der Waals surface area contributed by atoms with E-state index in [0.29, 0.717) is 36.3 Å². The molecule has 27 heavy (non-hydrogen) atoms. The molecule has 0 radical (unpaired) electrons. The molecular formula is C21H25NO5. The van der Waals surface area contributed by atoms with Gasteiger partial charge < -0.3 is 19.1 Å². The molecule has 0 unspecified atom stereocenters. The maximum absolute atomic E-state index is 12.7. The van der Waals surface area contributed by atoms with Crippen molar-refractivity contribution in [2.24, 2.45) is 0 Å². The SMILES string of the molecule is COCCOC(=O)C1=C(C)N(c2ccccc2OC)C2=C(C1)C(=O)CCC2. The number of carbonyl (C=O) groups is 2. The van der Waals surface area contributed by atoms with Crippen molar-refractivity contribution < 1.29 is 23.8 Å². The fraction of sp³-hybridized carbons (Fsp3) is 0.429. The van der Waals surface area contributed by atoms with Crippen molar-refractivity contribution in [1.29, 1.82) is 0 Å². The van der Waals surface area contributed by atoms with Crippen molar-refractivity contribution in [3.8, 4) is 5.75 Å². The highest BCUT2D eigenvalue weighted by Crippen LogP contribution is 2.43. The molecule has 144 valence electrons. The summed E-state index contributed by atoms with van der Waals surface area (Å²) in [6.45, 7) is 2.41. The molecule has 1 aromatic carbocycles. The highest BCUT2D eigenvalue weighted by molar-refractivity contribution is 6.02. The van der Waals surface area contributed by atoms with Gasteiger partial charge in [0.05, 0.1) is 25.0 Å². The quantitative estimate of drug-likeness (QED) is 0.564. The zero-order valence-electron chi connectivity index (χ0n) is 16.0. The molecular weight excluding hydrogens is 346 g/mol. The first-order valence-electron chi connectivity index (χ1n) is 9.12. The van der Waals surface area contributed by atoms with Gasteiger partial charge in [0.25, 0.3) is 0 Å². The van der Waals surface area contributed by atoms with Crippen molar-refractivity contribution in [2.45, 2.75) is 32.6 Å². The van der Waals surface area contributed by atoms with Crippen LogP contribution >= 0.6 is 0 Å². The monoisotopic (exact) mass is 371 g/mol. The molecule has 0 saturated heterocycles. The van der Waals surface area contributed by atoms with Crippen LogP contribution in [-0.4, -0.2) is 39.2 Å². The number of benzene rings is 1. The molecule has 0 N–H and O–H groups in total. The molecule has 0 saturated carbocycles. The number of para-hydroxylation sites is 2. The molecule has 0 atom stereocenters. The second-order valence-corrected chi connectivity index (χ2v) is 6.58. The lowest BCUT2D eigenvalue weighted by atomic mass is 9.85. The summed E-state index contributed by atoms with van der Waals surface area (Å²) >= 11 is 0. The van der Waals surface area contributed by atoms with Gasteiger partial charge in [-0.05, 0) is 31.9 Å². The van der Waals surface area contributed by atoms with E-state index in [1.54, 1.807) is 14.2 Å². The van der Waals surface area contributed by atoms with Crippen LogP contribution in [0.1, 0.15) is 32.6 Å². The smallest absolute Gasteiger partial charge is 0.336 e. The average Bonchev–Trinajstić information content (AvgIpc) is 2.68. The molecule has 0 fully saturated rings. The number of allylic oxidation sites excluding steroid dienone is 3. The number of anilines is 1. The average molecular weight is 371 g/mol. The van der Waals surface area contributed by atoms with Crippen molar-refractivity contribution in [1.82, 2.24) is 0 Å². The predicted molar refractivity (Wildman–Crippen MR) is 102 cm³/mol. The van der Waals surface area contributed by atoms with E-state index in [4.69, 9.17) is 14.2 Å². The van der Waals surface area contributed by atoms with Crippen LogP contribution in [0.5, 0.6) is 5.75 Å². The van der Waals surface area contributed by atoms with Crippen LogP contribution in [-0.2, 0) is 19.1 Å². The third-order valence-electron chi connectivity index (χ3n) is 4.99. The van der Waals surface area contributed by atoms with Gasteiger partial charge in [0.1, 0.15) is 12.4 Å². The summed E-state index contributed by atoms with van der Waals surface area (Å²) in [5, 5.41) is 0. The normalized spacial score (nSPS) is 17.1. The second kappa shape index (κ2) is 8.39. The minimum atomic E-state index is -0.408. The van der Waals surface area contributed by atoms with Crippen LogP contribution in [0.4, 0.5) is 5.69 Å². The van der Waals surface area contributed by atoms with Gasteiger partial charge in [-0.3, -0.25) is 4.79 Å². The highest BCUT2D eigenvalue weighted by Gasteiger charge is 2.35. The lowest BCUT2D eigenvalue weighted by molar-refractivity contribution is -0.140. The minimum absolute atomic E-state index is 0.103. The summed E-state index contributed by atoms with van der Waals surface area (Å²) in [6, 6.07) is 7.62. The van der Waals surface area contributed by atoms with Crippen LogP contribution in [0.3, 0.4) is 0 Å². The molecule has 1 aliphatic heterocycles. The number of hydrogen-bond acceptors (Lipinski definition) is 6. The van der Waals surface area contributed by atoms with E-state index in [-0.39, 0.29) is 12.4 Å². The fourth-order valence-corrected chi connectivity index (χ4v) is 3.63. The number of rotatable bonds is 6. The van der Waals surface area contributed by atoms with Crippen molar-refractivity contribution in [2.75, 3.05) is 32.3 Å². The number of ketones is 1. The van der Waals surface area contributed by atoms with Gasteiger partial charge in [-0.25, -0.2) is 4.79 Å². The molecule has 0 spiro atoms. The molecule has 1 heterocycles. The maximum atomic E-state index is 12.7. The van der Waals surface area contributed by atoms with Crippen LogP contribution < -0.4 is 9.64 Å². The largest absolute Gasteiger partial charge is 0.495 e. The maximum Gasteiger partial charge on any atom is 0.336 e. The first-order valence-corrected chi connectivity index (χ1v) is 9.12. The van der Waals surface area contributed by atoms with Gasteiger partial charge in [0.2, 0.25) is 0 Å². The molecule has 6 nitrogen and oxygen atoms in total. The lowest BCUT2D eigenvalue weighted by Gasteiger charge is -2.37. The summed E-state index contributed by atoms with van der Waals surface area (Å²) < 4.78 is 15.8. The molecule has 2 aliphatic rings. The zero-order valence-corrected chi connectivity index (χ0v) is 16.0. The number of Topliss-reactive ketones (excluding diaryl/α,β-unsaturated/α-hetero) is 1. The standard InChI is InChI=1S/C21H25NO5/c1-14-15(21(24)27-12-11-25-2)13-16-17(8-6-9-19(16)23)22(14)18-7-4-5-10-20(18)26-3/h4-5,7,10H,6,8-9,11-13H2,1-3H3. The Morgan fingerprint density at radius 2 is 1.93 bits per heavy atom. The fourth-order valence-electron chi connectivity index (χ4n) is 3.63. The topological polar surface area (TPSA) is 65.1 Å². The molecule has 1 aliphatic carbocycles. The number of carbonyl (C=O) groups excluding carboxylic acids is 2. The van der Waals surface area contributed by atoms with E-state index in [0.717, 1.165) is 29.9 Å². The van der Waals surface area contributed by atoms with Crippen LogP contribution in [0, 0.1) is 0 Å². The van der Waals surface area contributed by atoms with Crippen LogP contribution in [0.2, 0.25) is 0 Å². The Balaban J connectivity index is 2.06. The highest BCUT2D eigenvalue weighted by atomic mass is 16.6.